The Morgan fingerprint density at radius 2 is 2.05 bits per heavy atom. The third kappa shape index (κ3) is 3.65. The highest BCUT2D eigenvalue weighted by atomic mass is 16.2. The van der Waals surface area contributed by atoms with Gasteiger partial charge in [0.1, 0.15) is 11.5 Å². The first kappa shape index (κ1) is 14.7. The summed E-state index contributed by atoms with van der Waals surface area (Å²) in [6, 6.07) is 6.50. The number of hydrogen-bond acceptors (Lipinski definition) is 5. The monoisotopic (exact) mass is 287 g/mol. The zero-order chi connectivity index (χ0) is 15.4. The fourth-order valence-corrected chi connectivity index (χ4v) is 1.68. The number of nitrogens with one attached hydrogen (secondary N) is 1. The molecule has 0 atom stereocenters. The Balaban J connectivity index is 2.00. The lowest BCUT2D eigenvalue weighted by Crippen LogP contribution is -2.28. The van der Waals surface area contributed by atoms with Crippen LogP contribution in [0.4, 0.5) is 5.82 Å². The normalized spacial score (nSPS) is 10.2. The van der Waals surface area contributed by atoms with Crippen molar-refractivity contribution in [3.05, 3.63) is 52.1 Å². The van der Waals surface area contributed by atoms with Crippen LogP contribution in [0.2, 0.25) is 0 Å². The zero-order valence-electron chi connectivity index (χ0n) is 12.2. The molecule has 0 saturated carbocycles. The fourth-order valence-electron chi connectivity index (χ4n) is 1.68. The van der Waals surface area contributed by atoms with Crippen LogP contribution in [0.3, 0.4) is 0 Å². The van der Waals surface area contributed by atoms with E-state index in [1.165, 1.54) is 19.2 Å². The van der Waals surface area contributed by atoms with E-state index in [2.05, 4.69) is 15.4 Å². The summed E-state index contributed by atoms with van der Waals surface area (Å²) in [6.45, 7) is 0.351. The molecule has 0 aliphatic rings. The minimum Gasteiger partial charge on any atom is -0.363 e. The molecule has 2 aromatic heterocycles. The molecular formula is C14H17N5O2. The van der Waals surface area contributed by atoms with Gasteiger partial charge in [-0.2, -0.15) is 5.10 Å². The Morgan fingerprint density at radius 1 is 1.29 bits per heavy atom. The molecule has 21 heavy (non-hydrogen) atoms. The summed E-state index contributed by atoms with van der Waals surface area (Å²) in [4.78, 5) is 29.3. The van der Waals surface area contributed by atoms with Gasteiger partial charge in [0, 0.05) is 40.0 Å². The minimum atomic E-state index is -0.331. The van der Waals surface area contributed by atoms with E-state index in [-0.39, 0.29) is 17.2 Å². The van der Waals surface area contributed by atoms with E-state index in [0.717, 1.165) is 16.1 Å². The summed E-state index contributed by atoms with van der Waals surface area (Å²) >= 11 is 0. The quantitative estimate of drug-likeness (QED) is 0.867. The molecule has 0 aliphatic heterocycles. The number of amides is 1. The van der Waals surface area contributed by atoms with E-state index < -0.39 is 0 Å². The molecule has 2 rings (SSSR count). The van der Waals surface area contributed by atoms with Crippen LogP contribution in [0.5, 0.6) is 0 Å². The van der Waals surface area contributed by atoms with Crippen molar-refractivity contribution >= 4 is 11.7 Å². The molecule has 0 spiro atoms. The van der Waals surface area contributed by atoms with Gasteiger partial charge in [0.25, 0.3) is 11.5 Å². The second-order valence-electron chi connectivity index (χ2n) is 4.78. The number of carbonyl (C=O) groups excluding carboxylic acids is 1. The molecule has 0 aromatic carbocycles. The number of carbonyl (C=O) groups is 1. The Labute approximate surface area is 122 Å². The zero-order valence-corrected chi connectivity index (χ0v) is 12.2. The molecular weight excluding hydrogens is 270 g/mol. The molecule has 0 saturated heterocycles. The largest absolute Gasteiger partial charge is 0.363 e. The predicted octanol–water partition coefficient (Wildman–Crippen LogP) is 0.171. The Hall–Kier alpha value is -2.70. The molecule has 110 valence electrons. The maximum atomic E-state index is 11.9. The Kier molecular flexibility index (Phi) is 4.32. The molecule has 0 radical (unpaired) electrons. The van der Waals surface area contributed by atoms with Gasteiger partial charge in [-0.25, -0.2) is 9.67 Å². The second kappa shape index (κ2) is 6.17. The Morgan fingerprint density at radius 3 is 2.62 bits per heavy atom. The molecule has 0 unspecified atom stereocenters. The number of aryl methyl sites for hydroxylation is 1. The first-order chi connectivity index (χ1) is 9.97. The lowest BCUT2D eigenvalue weighted by atomic mass is 10.2. The van der Waals surface area contributed by atoms with Crippen molar-refractivity contribution in [2.45, 2.75) is 6.54 Å². The van der Waals surface area contributed by atoms with Crippen LogP contribution < -0.4 is 15.8 Å². The van der Waals surface area contributed by atoms with Crippen LogP contribution >= 0.6 is 0 Å². The van der Waals surface area contributed by atoms with Gasteiger partial charge < -0.3 is 10.2 Å². The molecule has 2 heterocycles. The van der Waals surface area contributed by atoms with Crippen LogP contribution in [0.1, 0.15) is 16.1 Å². The molecule has 1 N–H and O–H groups in total. The number of aromatic nitrogens is 3. The van der Waals surface area contributed by atoms with E-state index in [0.29, 0.717) is 6.54 Å². The summed E-state index contributed by atoms with van der Waals surface area (Å²) in [5, 5.41) is 6.63. The van der Waals surface area contributed by atoms with Gasteiger partial charge in [0.15, 0.2) is 0 Å². The third-order valence-electron chi connectivity index (χ3n) is 2.91. The lowest BCUT2D eigenvalue weighted by molar-refractivity contribution is 0.0943. The maximum absolute atomic E-state index is 11.9. The van der Waals surface area contributed by atoms with Gasteiger partial charge in [-0.1, -0.05) is 6.07 Å². The van der Waals surface area contributed by atoms with Crippen molar-refractivity contribution in [2.75, 3.05) is 19.0 Å². The number of anilines is 1. The molecule has 1 amide bonds. The van der Waals surface area contributed by atoms with Crippen molar-refractivity contribution in [3.63, 3.8) is 0 Å². The first-order valence-corrected chi connectivity index (χ1v) is 6.42. The Bertz CT molecular complexity index is 691. The van der Waals surface area contributed by atoms with Gasteiger partial charge in [0.05, 0.1) is 0 Å². The summed E-state index contributed by atoms with van der Waals surface area (Å²) in [7, 11) is 5.33. The van der Waals surface area contributed by atoms with E-state index in [4.69, 9.17) is 0 Å². The van der Waals surface area contributed by atoms with Crippen molar-refractivity contribution in [1.82, 2.24) is 20.1 Å². The molecule has 7 nitrogen and oxygen atoms in total. The smallest absolute Gasteiger partial charge is 0.271 e. The predicted molar refractivity (Wildman–Crippen MR) is 79.2 cm³/mol. The van der Waals surface area contributed by atoms with E-state index in [1.807, 2.05) is 31.1 Å². The van der Waals surface area contributed by atoms with E-state index >= 15 is 0 Å². The minimum absolute atomic E-state index is 0.204. The third-order valence-corrected chi connectivity index (χ3v) is 2.91. The van der Waals surface area contributed by atoms with E-state index in [9.17, 15) is 9.59 Å². The standard InChI is InChI=1S/C14H17N5O2/c1-18(2)12-6-4-10(8-15-12)9-16-14(21)11-5-7-13(20)19(3)17-11/h4-8H,9H2,1-3H3,(H,16,21). The molecule has 0 aliphatic carbocycles. The van der Waals surface area contributed by atoms with Gasteiger partial charge in [-0.05, 0) is 17.7 Å². The lowest BCUT2D eigenvalue weighted by Gasteiger charge is -2.11. The van der Waals surface area contributed by atoms with Gasteiger partial charge in [0.2, 0.25) is 0 Å². The van der Waals surface area contributed by atoms with Crippen LogP contribution in [-0.2, 0) is 13.6 Å². The topological polar surface area (TPSA) is 80.1 Å². The summed E-state index contributed by atoms with van der Waals surface area (Å²) in [5.74, 6) is 0.520. The highest BCUT2D eigenvalue weighted by Crippen LogP contribution is 2.07. The highest BCUT2D eigenvalue weighted by Gasteiger charge is 2.08. The SMILES string of the molecule is CN(C)c1ccc(CNC(=O)c2ccc(=O)n(C)n2)cn1. The average molecular weight is 287 g/mol. The van der Waals surface area contributed by atoms with Crippen LogP contribution in [-0.4, -0.2) is 34.8 Å². The first-order valence-electron chi connectivity index (χ1n) is 6.42. The molecule has 2 aromatic rings. The van der Waals surface area contributed by atoms with Crippen molar-refractivity contribution in [2.24, 2.45) is 7.05 Å². The number of pyridine rings is 1. The van der Waals surface area contributed by atoms with Crippen LogP contribution in [0.15, 0.2) is 35.3 Å². The van der Waals surface area contributed by atoms with Crippen LogP contribution in [0.25, 0.3) is 0 Å². The van der Waals surface area contributed by atoms with Crippen molar-refractivity contribution in [3.8, 4) is 0 Å². The second-order valence-corrected chi connectivity index (χ2v) is 4.78. The van der Waals surface area contributed by atoms with Crippen molar-refractivity contribution < 1.29 is 4.79 Å². The molecule has 7 heteroatoms. The number of nitrogens with zero attached hydrogens (tertiary/aromatic N) is 4. The maximum Gasteiger partial charge on any atom is 0.271 e. The van der Waals surface area contributed by atoms with Gasteiger partial charge in [-0.15, -0.1) is 0 Å². The van der Waals surface area contributed by atoms with Gasteiger partial charge in [-0.3, -0.25) is 9.59 Å². The average Bonchev–Trinajstić information content (AvgIpc) is 2.48. The van der Waals surface area contributed by atoms with Crippen LogP contribution in [0, 0.1) is 0 Å². The number of hydrogen-bond donors (Lipinski definition) is 1. The summed E-state index contributed by atoms with van der Waals surface area (Å²) in [6.07, 6.45) is 1.71. The fraction of sp³-hybridized carbons (Fsp3) is 0.286. The highest BCUT2D eigenvalue weighted by molar-refractivity contribution is 5.91. The van der Waals surface area contributed by atoms with E-state index in [1.54, 1.807) is 6.20 Å². The molecule has 0 fully saturated rings. The molecule has 0 bridgehead atoms. The van der Waals surface area contributed by atoms with Gasteiger partial charge >= 0.3 is 0 Å². The van der Waals surface area contributed by atoms with Crippen molar-refractivity contribution in [1.29, 1.82) is 0 Å². The summed E-state index contributed by atoms with van der Waals surface area (Å²) in [5.41, 5.74) is 0.837. The number of rotatable bonds is 4. The summed E-state index contributed by atoms with van der Waals surface area (Å²) < 4.78 is 1.13.